The van der Waals surface area contributed by atoms with Gasteiger partial charge in [0.2, 0.25) is 0 Å². The SMILES string of the molecule is CC(=NC(=O)c1cc(-c2ccc(CN3CCN(C)CC3)cc2)cc(Cl)c1O)c1ncc(F)c(N2CCN(CCO)CC2)n1. The Kier molecular flexibility index (Phi) is 9.99. The van der Waals surface area contributed by atoms with Crippen molar-refractivity contribution in [2.24, 2.45) is 4.99 Å². The summed E-state index contributed by atoms with van der Waals surface area (Å²) in [6, 6.07) is 11.3. The van der Waals surface area contributed by atoms with Crippen molar-refractivity contribution in [3.05, 3.63) is 70.4 Å². The first-order valence-electron chi connectivity index (χ1n) is 14.4. The van der Waals surface area contributed by atoms with Crippen LogP contribution in [0.15, 0.2) is 47.6 Å². The predicted octanol–water partition coefficient (Wildman–Crippen LogP) is 3.15. The van der Waals surface area contributed by atoms with Crippen LogP contribution in [-0.4, -0.2) is 119 Å². The summed E-state index contributed by atoms with van der Waals surface area (Å²) >= 11 is 6.34. The number of carbonyl (C=O) groups excluding carboxylic acids is 1. The number of carbonyl (C=O) groups is 1. The predicted molar refractivity (Wildman–Crippen MR) is 166 cm³/mol. The third-order valence-electron chi connectivity index (χ3n) is 7.99. The monoisotopic (exact) mass is 609 g/mol. The van der Waals surface area contributed by atoms with Crippen molar-refractivity contribution in [2.45, 2.75) is 13.5 Å². The molecule has 228 valence electrons. The second-order valence-electron chi connectivity index (χ2n) is 11.1. The van der Waals surface area contributed by atoms with Gasteiger partial charge in [0.15, 0.2) is 17.5 Å². The number of hydrogen-bond acceptors (Lipinski definition) is 9. The molecule has 43 heavy (non-hydrogen) atoms. The number of amides is 1. The lowest BCUT2D eigenvalue weighted by atomic mass is 10.0. The molecule has 12 heteroatoms. The Hall–Kier alpha value is -3.48. The second-order valence-corrected chi connectivity index (χ2v) is 11.5. The van der Waals surface area contributed by atoms with Crippen LogP contribution in [0.5, 0.6) is 5.75 Å². The summed E-state index contributed by atoms with van der Waals surface area (Å²) in [5.74, 6) is -1.39. The molecule has 2 aliphatic rings. The molecule has 0 bridgehead atoms. The Morgan fingerprint density at radius 1 is 1.00 bits per heavy atom. The van der Waals surface area contributed by atoms with E-state index in [1.54, 1.807) is 19.1 Å². The molecule has 3 aromatic rings. The average molecular weight is 610 g/mol. The fourth-order valence-corrected chi connectivity index (χ4v) is 5.56. The zero-order chi connectivity index (χ0) is 30.5. The third kappa shape index (κ3) is 7.54. The van der Waals surface area contributed by atoms with Crippen molar-refractivity contribution in [1.29, 1.82) is 0 Å². The molecule has 5 rings (SSSR count). The summed E-state index contributed by atoms with van der Waals surface area (Å²) in [5.41, 5.74) is 2.85. The maximum atomic E-state index is 14.7. The number of β-amino-alcohol motifs (C(OH)–C–C–N with tert-alkyl or cyclic N) is 1. The number of phenolic OH excluding ortho intramolecular Hbond substituents is 1. The van der Waals surface area contributed by atoms with Gasteiger partial charge in [0.05, 0.1) is 29.1 Å². The molecule has 0 unspecified atom stereocenters. The Morgan fingerprint density at radius 3 is 2.35 bits per heavy atom. The van der Waals surface area contributed by atoms with Gasteiger partial charge in [-0.2, -0.15) is 0 Å². The first kappa shape index (κ1) is 31.0. The van der Waals surface area contributed by atoms with Crippen molar-refractivity contribution in [1.82, 2.24) is 24.7 Å². The van der Waals surface area contributed by atoms with Crippen molar-refractivity contribution in [3.63, 3.8) is 0 Å². The number of halogens is 2. The molecule has 2 saturated heterocycles. The molecule has 2 N–H and O–H groups in total. The molecule has 0 radical (unpaired) electrons. The molecule has 1 amide bonds. The molecular weight excluding hydrogens is 573 g/mol. The Morgan fingerprint density at radius 2 is 1.67 bits per heavy atom. The number of rotatable bonds is 8. The lowest BCUT2D eigenvalue weighted by molar-refractivity contribution is 0.100. The highest BCUT2D eigenvalue weighted by Gasteiger charge is 2.23. The van der Waals surface area contributed by atoms with E-state index in [2.05, 4.69) is 48.8 Å². The van der Waals surface area contributed by atoms with E-state index in [-0.39, 0.29) is 40.3 Å². The minimum absolute atomic E-state index is 0.0378. The average Bonchev–Trinajstić information content (AvgIpc) is 3.01. The summed E-state index contributed by atoms with van der Waals surface area (Å²) in [5, 5.41) is 19.8. The van der Waals surface area contributed by atoms with Crippen LogP contribution in [0.25, 0.3) is 11.1 Å². The molecule has 2 aromatic carbocycles. The highest BCUT2D eigenvalue weighted by Crippen LogP contribution is 2.34. The van der Waals surface area contributed by atoms with Crippen LogP contribution in [0.2, 0.25) is 5.02 Å². The van der Waals surface area contributed by atoms with E-state index in [9.17, 15) is 14.3 Å². The molecule has 1 aromatic heterocycles. The van der Waals surface area contributed by atoms with E-state index in [0.29, 0.717) is 38.3 Å². The second kappa shape index (κ2) is 13.9. The molecule has 0 atom stereocenters. The first-order valence-corrected chi connectivity index (χ1v) is 14.8. The standard InChI is InChI=1S/C31H37ClFN7O3/c1-21(29-34-19-27(33)30(36-29)40-13-11-38(12-14-40)15-16-41)35-31(43)25-17-24(18-26(32)28(25)42)23-5-3-22(4-6-23)20-39-9-7-37(2)8-10-39/h3-6,17-19,41-42H,7-16,20H2,1-2H3. The van der Waals surface area contributed by atoms with Crippen LogP contribution in [-0.2, 0) is 6.54 Å². The number of aromatic hydroxyl groups is 1. The molecule has 10 nitrogen and oxygen atoms in total. The molecule has 2 aliphatic heterocycles. The number of anilines is 1. The number of piperazine rings is 2. The number of aliphatic hydroxyl groups excluding tert-OH is 1. The van der Waals surface area contributed by atoms with Gasteiger partial charge in [-0.25, -0.2) is 19.4 Å². The van der Waals surface area contributed by atoms with Crippen LogP contribution in [0.3, 0.4) is 0 Å². The quantitative estimate of drug-likeness (QED) is 0.372. The van der Waals surface area contributed by atoms with Gasteiger partial charge < -0.3 is 20.0 Å². The van der Waals surface area contributed by atoms with Gasteiger partial charge in [0.25, 0.3) is 5.91 Å². The van der Waals surface area contributed by atoms with Gasteiger partial charge in [0.1, 0.15) is 5.75 Å². The van der Waals surface area contributed by atoms with E-state index in [0.717, 1.165) is 44.5 Å². The topological polar surface area (TPSA) is 109 Å². The van der Waals surface area contributed by atoms with E-state index < -0.39 is 11.7 Å². The number of hydrogen-bond donors (Lipinski definition) is 2. The van der Waals surface area contributed by atoms with Crippen molar-refractivity contribution >= 4 is 29.0 Å². The summed E-state index contributed by atoms with van der Waals surface area (Å²) in [4.78, 5) is 34.5. The summed E-state index contributed by atoms with van der Waals surface area (Å²) < 4.78 is 14.7. The fraction of sp³-hybridized carbons (Fsp3) is 0.419. The van der Waals surface area contributed by atoms with Gasteiger partial charge in [0, 0.05) is 65.4 Å². The van der Waals surface area contributed by atoms with Crippen LogP contribution < -0.4 is 4.90 Å². The van der Waals surface area contributed by atoms with Gasteiger partial charge in [-0.05, 0) is 42.8 Å². The third-order valence-corrected chi connectivity index (χ3v) is 8.28. The number of phenols is 1. The van der Waals surface area contributed by atoms with Crippen LogP contribution in [0.4, 0.5) is 10.2 Å². The summed E-state index contributed by atoms with van der Waals surface area (Å²) in [6.45, 7) is 9.67. The van der Waals surface area contributed by atoms with Crippen LogP contribution in [0, 0.1) is 5.82 Å². The fourth-order valence-electron chi connectivity index (χ4n) is 5.34. The van der Waals surface area contributed by atoms with E-state index >= 15 is 0 Å². The summed E-state index contributed by atoms with van der Waals surface area (Å²) in [6.07, 6.45) is 1.07. The maximum absolute atomic E-state index is 14.7. The Bertz CT molecular complexity index is 1470. The van der Waals surface area contributed by atoms with Gasteiger partial charge in [-0.15, -0.1) is 0 Å². The first-order chi connectivity index (χ1) is 20.7. The maximum Gasteiger partial charge on any atom is 0.281 e. The largest absolute Gasteiger partial charge is 0.506 e. The van der Waals surface area contributed by atoms with Gasteiger partial charge >= 0.3 is 0 Å². The lowest BCUT2D eigenvalue weighted by Gasteiger charge is -2.35. The van der Waals surface area contributed by atoms with Gasteiger partial charge in [-0.3, -0.25) is 14.6 Å². The molecule has 0 saturated carbocycles. The van der Waals surface area contributed by atoms with E-state index in [1.165, 1.54) is 5.56 Å². The van der Waals surface area contributed by atoms with E-state index in [1.807, 2.05) is 17.0 Å². The minimum atomic E-state index is -0.711. The normalized spacial score (nSPS) is 17.4. The molecule has 0 spiro atoms. The Balaban J connectivity index is 1.32. The molecular formula is C31H37ClFN7O3. The zero-order valence-corrected chi connectivity index (χ0v) is 25.3. The summed E-state index contributed by atoms with van der Waals surface area (Å²) in [7, 11) is 2.14. The number of benzene rings is 2. The highest BCUT2D eigenvalue weighted by molar-refractivity contribution is 6.33. The highest BCUT2D eigenvalue weighted by atomic mass is 35.5. The van der Waals surface area contributed by atoms with Crippen LogP contribution >= 0.6 is 11.6 Å². The minimum Gasteiger partial charge on any atom is -0.506 e. The molecule has 2 fully saturated rings. The molecule has 3 heterocycles. The van der Waals surface area contributed by atoms with Gasteiger partial charge in [-0.1, -0.05) is 35.9 Å². The van der Waals surface area contributed by atoms with Crippen LogP contribution in [0.1, 0.15) is 28.7 Å². The van der Waals surface area contributed by atoms with Crippen molar-refractivity contribution in [2.75, 3.05) is 77.5 Å². The smallest absolute Gasteiger partial charge is 0.281 e. The number of likely N-dealkylation sites (N-methyl/N-ethyl adjacent to an activating group) is 1. The molecule has 0 aliphatic carbocycles. The van der Waals surface area contributed by atoms with Crippen molar-refractivity contribution < 1.29 is 19.4 Å². The van der Waals surface area contributed by atoms with E-state index in [4.69, 9.17) is 16.7 Å². The Labute approximate surface area is 256 Å². The lowest BCUT2D eigenvalue weighted by Crippen LogP contribution is -2.47. The van der Waals surface area contributed by atoms with Crippen molar-refractivity contribution in [3.8, 4) is 16.9 Å². The number of aliphatic imine (C=N–C) groups is 1. The number of aliphatic hydroxyl groups is 1. The number of nitrogens with zero attached hydrogens (tertiary/aromatic N) is 7. The zero-order valence-electron chi connectivity index (χ0n) is 24.5. The number of aromatic nitrogens is 2.